The lowest BCUT2D eigenvalue weighted by atomic mass is 10.00. The second-order valence-corrected chi connectivity index (χ2v) is 7.27. The smallest absolute Gasteiger partial charge is 0.240 e. The van der Waals surface area contributed by atoms with Crippen LogP contribution in [-0.4, -0.2) is 32.6 Å². The summed E-state index contributed by atoms with van der Waals surface area (Å²) in [6.07, 6.45) is 3.63. The molecule has 1 aliphatic rings. The quantitative estimate of drug-likeness (QED) is 0.894. The Morgan fingerprint density at radius 2 is 1.65 bits per heavy atom. The van der Waals surface area contributed by atoms with Crippen molar-refractivity contribution >= 4 is 15.7 Å². The van der Waals surface area contributed by atoms with Crippen LogP contribution in [0, 0.1) is 0 Å². The minimum Gasteiger partial charge on any atom is -0.318 e. The Hall–Kier alpha value is -1.11. The molecule has 0 radical (unpaired) electrons. The van der Waals surface area contributed by atoms with Gasteiger partial charge in [0.1, 0.15) is 0 Å². The van der Waals surface area contributed by atoms with Crippen LogP contribution in [0.3, 0.4) is 0 Å². The van der Waals surface area contributed by atoms with E-state index in [0.717, 1.165) is 5.69 Å². The van der Waals surface area contributed by atoms with Crippen molar-refractivity contribution in [3.63, 3.8) is 0 Å². The van der Waals surface area contributed by atoms with Crippen molar-refractivity contribution in [2.75, 3.05) is 12.5 Å². The largest absolute Gasteiger partial charge is 0.318 e. The Kier molecular flexibility index (Phi) is 4.67. The number of hydrogen-bond acceptors (Lipinski definition) is 4. The van der Waals surface area contributed by atoms with Gasteiger partial charge in [0.2, 0.25) is 10.0 Å². The number of sulfonamides is 1. The molecule has 0 amide bonds. The summed E-state index contributed by atoms with van der Waals surface area (Å²) in [4.78, 5) is 0.283. The molecule has 0 aromatic heterocycles. The fourth-order valence-electron chi connectivity index (χ4n) is 2.62. The van der Waals surface area contributed by atoms with Crippen molar-refractivity contribution in [2.24, 2.45) is 0 Å². The van der Waals surface area contributed by atoms with Gasteiger partial charge in [-0.2, -0.15) is 0 Å². The zero-order valence-electron chi connectivity index (χ0n) is 12.3. The summed E-state index contributed by atoms with van der Waals surface area (Å²) in [6, 6.07) is 7.82. The molecule has 1 fully saturated rings. The molecule has 112 valence electrons. The molecule has 1 aromatic rings. The SMILES string of the molecule is CNS(=O)(=O)c1ccc(NN2C(C)CCCC2C)cc1. The standard InChI is InChI=1S/C14H23N3O2S/c1-11-5-4-6-12(2)17(11)16-13-7-9-14(10-8-13)20(18,19)15-3/h7-12,15-16H,4-6H2,1-3H3. The van der Waals surface area contributed by atoms with Gasteiger partial charge in [-0.15, -0.1) is 0 Å². The van der Waals surface area contributed by atoms with E-state index in [1.807, 2.05) is 0 Å². The lowest BCUT2D eigenvalue weighted by molar-refractivity contribution is 0.136. The van der Waals surface area contributed by atoms with Gasteiger partial charge in [0, 0.05) is 17.8 Å². The first kappa shape index (κ1) is 15.3. The average molecular weight is 297 g/mol. The number of rotatable bonds is 4. The maximum Gasteiger partial charge on any atom is 0.240 e. The molecule has 2 atom stereocenters. The van der Waals surface area contributed by atoms with Crippen molar-refractivity contribution in [1.29, 1.82) is 0 Å². The van der Waals surface area contributed by atoms with E-state index < -0.39 is 10.0 Å². The van der Waals surface area contributed by atoms with Gasteiger partial charge < -0.3 is 5.43 Å². The number of nitrogens with zero attached hydrogens (tertiary/aromatic N) is 1. The molecule has 1 heterocycles. The summed E-state index contributed by atoms with van der Waals surface area (Å²) in [7, 11) is -1.95. The summed E-state index contributed by atoms with van der Waals surface area (Å²) >= 11 is 0. The average Bonchev–Trinajstić information content (AvgIpc) is 2.43. The fourth-order valence-corrected chi connectivity index (χ4v) is 3.35. The van der Waals surface area contributed by atoms with Crippen molar-refractivity contribution < 1.29 is 8.42 Å². The molecular weight excluding hydrogens is 274 g/mol. The summed E-state index contributed by atoms with van der Waals surface area (Å²) in [5, 5.41) is 2.26. The van der Waals surface area contributed by atoms with Crippen LogP contribution >= 0.6 is 0 Å². The Morgan fingerprint density at radius 3 is 2.15 bits per heavy atom. The van der Waals surface area contributed by atoms with Crippen molar-refractivity contribution in [3.05, 3.63) is 24.3 Å². The number of anilines is 1. The summed E-state index contributed by atoms with van der Waals surface area (Å²) in [5.74, 6) is 0. The van der Waals surface area contributed by atoms with E-state index in [-0.39, 0.29) is 4.90 Å². The monoisotopic (exact) mass is 297 g/mol. The molecule has 5 nitrogen and oxygen atoms in total. The third kappa shape index (κ3) is 3.31. The highest BCUT2D eigenvalue weighted by Crippen LogP contribution is 2.24. The van der Waals surface area contributed by atoms with Crippen LogP contribution in [0.25, 0.3) is 0 Å². The van der Waals surface area contributed by atoms with Crippen LogP contribution in [0.1, 0.15) is 33.1 Å². The highest BCUT2D eigenvalue weighted by Gasteiger charge is 2.24. The summed E-state index contributed by atoms with van der Waals surface area (Å²) < 4.78 is 25.6. The van der Waals surface area contributed by atoms with Gasteiger partial charge in [0.25, 0.3) is 0 Å². The third-order valence-electron chi connectivity index (χ3n) is 3.89. The van der Waals surface area contributed by atoms with Gasteiger partial charge in [-0.05, 0) is 58.0 Å². The van der Waals surface area contributed by atoms with Gasteiger partial charge in [0.05, 0.1) is 4.90 Å². The molecule has 2 N–H and O–H groups in total. The molecule has 1 saturated heterocycles. The Morgan fingerprint density at radius 1 is 1.10 bits per heavy atom. The van der Waals surface area contributed by atoms with Crippen molar-refractivity contribution in [1.82, 2.24) is 9.73 Å². The van der Waals surface area contributed by atoms with Crippen LogP contribution < -0.4 is 10.1 Å². The second-order valence-electron chi connectivity index (χ2n) is 5.38. The minimum atomic E-state index is -3.36. The zero-order valence-corrected chi connectivity index (χ0v) is 13.1. The molecule has 2 rings (SSSR count). The molecule has 20 heavy (non-hydrogen) atoms. The van der Waals surface area contributed by atoms with Gasteiger partial charge in [0.15, 0.2) is 0 Å². The third-order valence-corrected chi connectivity index (χ3v) is 5.32. The van der Waals surface area contributed by atoms with E-state index in [2.05, 4.69) is 29.0 Å². The number of hydrogen-bond donors (Lipinski definition) is 2. The molecule has 1 aliphatic heterocycles. The topological polar surface area (TPSA) is 61.4 Å². The first-order chi connectivity index (χ1) is 9.44. The van der Waals surface area contributed by atoms with E-state index >= 15 is 0 Å². The number of piperidine rings is 1. The Balaban J connectivity index is 2.11. The van der Waals surface area contributed by atoms with Crippen molar-refractivity contribution in [3.8, 4) is 0 Å². The lowest BCUT2D eigenvalue weighted by Crippen LogP contribution is -2.47. The highest BCUT2D eigenvalue weighted by atomic mass is 32.2. The summed E-state index contributed by atoms with van der Waals surface area (Å²) in [6.45, 7) is 4.42. The molecule has 0 spiro atoms. The van der Waals surface area contributed by atoms with Crippen LogP contribution in [-0.2, 0) is 10.0 Å². The maximum atomic E-state index is 11.7. The molecule has 0 aliphatic carbocycles. The number of benzene rings is 1. The van der Waals surface area contributed by atoms with E-state index in [9.17, 15) is 8.42 Å². The maximum absolute atomic E-state index is 11.7. The number of nitrogens with one attached hydrogen (secondary N) is 2. The zero-order chi connectivity index (χ0) is 14.8. The number of hydrazine groups is 1. The van der Waals surface area contributed by atoms with Gasteiger partial charge >= 0.3 is 0 Å². The van der Waals surface area contributed by atoms with Gasteiger partial charge in [-0.1, -0.05) is 6.42 Å². The predicted molar refractivity (Wildman–Crippen MR) is 80.9 cm³/mol. The van der Waals surface area contributed by atoms with Crippen LogP contribution in [0.15, 0.2) is 29.2 Å². The molecule has 0 bridgehead atoms. The molecule has 1 aromatic carbocycles. The van der Waals surface area contributed by atoms with Gasteiger partial charge in [-0.3, -0.25) is 0 Å². The summed E-state index contributed by atoms with van der Waals surface area (Å²) in [5.41, 5.74) is 4.31. The first-order valence-electron chi connectivity index (χ1n) is 7.02. The Bertz CT molecular complexity index is 532. The molecular formula is C14H23N3O2S. The van der Waals surface area contributed by atoms with Crippen molar-refractivity contribution in [2.45, 2.75) is 50.1 Å². The first-order valence-corrected chi connectivity index (χ1v) is 8.51. The normalized spacial score (nSPS) is 24.6. The molecule has 6 heteroatoms. The highest BCUT2D eigenvalue weighted by molar-refractivity contribution is 7.89. The van der Waals surface area contributed by atoms with Crippen LogP contribution in [0.2, 0.25) is 0 Å². The minimum absolute atomic E-state index is 0.283. The van der Waals surface area contributed by atoms with Gasteiger partial charge in [-0.25, -0.2) is 18.1 Å². The predicted octanol–water partition coefficient (Wildman–Crippen LogP) is 2.18. The molecule has 0 saturated carbocycles. The van der Waals surface area contributed by atoms with E-state index in [0.29, 0.717) is 12.1 Å². The van der Waals surface area contributed by atoms with E-state index in [4.69, 9.17) is 0 Å². The van der Waals surface area contributed by atoms with Crippen LogP contribution in [0.4, 0.5) is 5.69 Å². The lowest BCUT2D eigenvalue weighted by Gasteiger charge is -2.39. The Labute approximate surface area is 121 Å². The molecule has 2 unspecified atom stereocenters. The van der Waals surface area contributed by atoms with Crippen LogP contribution in [0.5, 0.6) is 0 Å². The fraction of sp³-hybridized carbons (Fsp3) is 0.571. The van der Waals surface area contributed by atoms with E-state index in [1.54, 1.807) is 24.3 Å². The second kappa shape index (κ2) is 6.11. The van der Waals surface area contributed by atoms with E-state index in [1.165, 1.54) is 26.3 Å².